The van der Waals surface area contributed by atoms with E-state index in [0.29, 0.717) is 5.39 Å². The number of rotatable bonds is 3. The quantitative estimate of drug-likeness (QED) is 0.720. The molecule has 1 aliphatic carbocycles. The molecule has 27 heavy (non-hydrogen) atoms. The summed E-state index contributed by atoms with van der Waals surface area (Å²) < 4.78 is 0. The monoisotopic (exact) mass is 379 g/mol. The van der Waals surface area contributed by atoms with Gasteiger partial charge in [-0.1, -0.05) is 49.6 Å². The van der Waals surface area contributed by atoms with Gasteiger partial charge in [-0.3, -0.25) is 9.69 Å². The van der Waals surface area contributed by atoms with Crippen LogP contribution in [-0.2, 0) is 6.54 Å². The number of piperidine rings is 1. The Hall–Kier alpha value is -1.98. The summed E-state index contributed by atoms with van der Waals surface area (Å²) in [5.41, 5.74) is 1.13. The number of aromatic nitrogens is 2. The molecule has 1 aliphatic heterocycles. The number of fused-ring (bicyclic) bond motifs is 2. The molecule has 5 heteroatoms. The van der Waals surface area contributed by atoms with Crippen LogP contribution in [0.3, 0.4) is 0 Å². The Labute approximate surface area is 163 Å². The van der Waals surface area contributed by atoms with E-state index in [1.165, 1.54) is 32.1 Å². The van der Waals surface area contributed by atoms with Crippen LogP contribution in [0.15, 0.2) is 41.2 Å². The van der Waals surface area contributed by atoms with Gasteiger partial charge in [0.1, 0.15) is 10.7 Å². The molecule has 2 aliphatic rings. The molecule has 0 radical (unpaired) electrons. The Morgan fingerprint density at radius 2 is 1.93 bits per heavy atom. The minimum absolute atomic E-state index is 0.0130. The second-order valence-corrected chi connectivity index (χ2v) is 9.07. The lowest BCUT2D eigenvalue weighted by Crippen LogP contribution is -2.41. The van der Waals surface area contributed by atoms with Crippen molar-refractivity contribution in [2.45, 2.75) is 38.6 Å². The van der Waals surface area contributed by atoms with Gasteiger partial charge in [0, 0.05) is 11.4 Å². The van der Waals surface area contributed by atoms with Crippen LogP contribution in [0.1, 0.15) is 37.9 Å². The molecule has 3 heterocycles. The number of nitrogens with zero attached hydrogens (tertiary/aromatic N) is 2. The van der Waals surface area contributed by atoms with Gasteiger partial charge in [-0.05, 0) is 42.9 Å². The normalized spacial score (nSPS) is 23.4. The molecule has 3 aromatic rings. The van der Waals surface area contributed by atoms with Crippen LogP contribution in [0.5, 0.6) is 0 Å². The summed E-state index contributed by atoms with van der Waals surface area (Å²) in [7, 11) is 0. The third-order valence-corrected chi connectivity index (χ3v) is 7.34. The largest absolute Gasteiger partial charge is 0.309 e. The third-order valence-electron chi connectivity index (χ3n) is 6.26. The van der Waals surface area contributed by atoms with Gasteiger partial charge in [0.25, 0.3) is 5.56 Å². The van der Waals surface area contributed by atoms with E-state index in [2.05, 4.69) is 22.0 Å². The number of likely N-dealkylation sites (tertiary alicyclic amines) is 1. The highest BCUT2D eigenvalue weighted by atomic mass is 32.1. The topological polar surface area (TPSA) is 49.0 Å². The molecule has 0 amide bonds. The molecule has 1 saturated carbocycles. The molecule has 1 aromatic carbocycles. The minimum atomic E-state index is -0.0130. The van der Waals surface area contributed by atoms with Crippen molar-refractivity contribution in [2.75, 3.05) is 13.1 Å². The van der Waals surface area contributed by atoms with E-state index in [9.17, 15) is 4.79 Å². The smallest absolute Gasteiger partial charge is 0.259 e. The van der Waals surface area contributed by atoms with E-state index in [1.54, 1.807) is 11.3 Å². The number of hydrogen-bond donors (Lipinski definition) is 1. The summed E-state index contributed by atoms with van der Waals surface area (Å²) >= 11 is 1.61. The molecule has 0 spiro atoms. The summed E-state index contributed by atoms with van der Waals surface area (Å²) in [5, 5.41) is 0.702. The first-order valence-electron chi connectivity index (χ1n) is 10.1. The molecule has 1 N–H and O–H groups in total. The molecule has 5 rings (SSSR count). The number of H-pyrrole nitrogens is 1. The highest BCUT2D eigenvalue weighted by Gasteiger charge is 2.31. The van der Waals surface area contributed by atoms with Gasteiger partial charge in [-0.25, -0.2) is 4.98 Å². The van der Waals surface area contributed by atoms with E-state index < -0.39 is 0 Å². The molecular weight excluding hydrogens is 354 g/mol. The van der Waals surface area contributed by atoms with Crippen LogP contribution >= 0.6 is 11.3 Å². The van der Waals surface area contributed by atoms with Crippen molar-refractivity contribution in [3.05, 3.63) is 52.6 Å². The van der Waals surface area contributed by atoms with Crippen molar-refractivity contribution in [1.82, 2.24) is 14.9 Å². The number of benzene rings is 1. The predicted octanol–water partition coefficient (Wildman–Crippen LogP) is 4.66. The highest BCUT2D eigenvalue weighted by Crippen LogP contribution is 2.36. The van der Waals surface area contributed by atoms with Gasteiger partial charge in [0.2, 0.25) is 0 Å². The van der Waals surface area contributed by atoms with Crippen molar-refractivity contribution in [3.8, 4) is 10.4 Å². The fourth-order valence-electron chi connectivity index (χ4n) is 4.83. The SMILES string of the molecule is O=c1[nH]c(CN2CC[C@@H]3CCCC[C@H]3C2)nc2sc(-c3ccccc3)cc12. The Morgan fingerprint density at radius 3 is 2.78 bits per heavy atom. The molecule has 0 unspecified atom stereocenters. The zero-order chi connectivity index (χ0) is 18.2. The first kappa shape index (κ1) is 17.1. The molecular formula is C22H25N3OS. The van der Waals surface area contributed by atoms with Crippen LogP contribution in [-0.4, -0.2) is 28.0 Å². The summed E-state index contributed by atoms with van der Waals surface area (Å²) in [6.45, 7) is 3.04. The van der Waals surface area contributed by atoms with Gasteiger partial charge in [-0.15, -0.1) is 11.3 Å². The summed E-state index contributed by atoms with van der Waals surface area (Å²) in [4.78, 5) is 24.9. The van der Waals surface area contributed by atoms with E-state index in [4.69, 9.17) is 4.98 Å². The van der Waals surface area contributed by atoms with E-state index in [-0.39, 0.29) is 5.56 Å². The standard InChI is InChI=1S/C22H25N3OS/c26-21-18-12-19(16-7-2-1-3-8-16)27-22(18)24-20(23-21)14-25-11-10-15-6-4-5-9-17(15)13-25/h1-3,7-8,12,15,17H,4-6,9-11,13-14H2,(H,23,24,26)/t15-,17-/m0/s1. The van der Waals surface area contributed by atoms with Crippen LogP contribution in [0, 0.1) is 11.8 Å². The Bertz CT molecular complexity index is 994. The fraction of sp³-hybridized carbons (Fsp3) is 0.455. The maximum absolute atomic E-state index is 12.6. The Morgan fingerprint density at radius 1 is 1.11 bits per heavy atom. The van der Waals surface area contributed by atoms with E-state index >= 15 is 0 Å². The Kier molecular flexibility index (Phi) is 4.58. The van der Waals surface area contributed by atoms with Crippen LogP contribution in [0.2, 0.25) is 0 Å². The summed E-state index contributed by atoms with van der Waals surface area (Å²) in [6, 6.07) is 12.2. The van der Waals surface area contributed by atoms with Crippen molar-refractivity contribution in [2.24, 2.45) is 11.8 Å². The van der Waals surface area contributed by atoms with Crippen molar-refractivity contribution in [1.29, 1.82) is 0 Å². The molecule has 2 aromatic heterocycles. The zero-order valence-electron chi connectivity index (χ0n) is 15.5. The maximum Gasteiger partial charge on any atom is 0.259 e. The molecule has 2 atom stereocenters. The number of nitrogens with one attached hydrogen (secondary N) is 1. The zero-order valence-corrected chi connectivity index (χ0v) is 16.3. The minimum Gasteiger partial charge on any atom is -0.309 e. The molecule has 1 saturated heterocycles. The van der Waals surface area contributed by atoms with Gasteiger partial charge in [0.05, 0.1) is 11.9 Å². The van der Waals surface area contributed by atoms with Gasteiger partial charge >= 0.3 is 0 Å². The van der Waals surface area contributed by atoms with Gasteiger partial charge in [-0.2, -0.15) is 0 Å². The van der Waals surface area contributed by atoms with Crippen molar-refractivity contribution < 1.29 is 0 Å². The highest BCUT2D eigenvalue weighted by molar-refractivity contribution is 7.21. The van der Waals surface area contributed by atoms with Crippen LogP contribution in [0.25, 0.3) is 20.7 Å². The van der Waals surface area contributed by atoms with Crippen LogP contribution < -0.4 is 5.56 Å². The average Bonchev–Trinajstić information content (AvgIpc) is 3.13. The average molecular weight is 380 g/mol. The first-order chi connectivity index (χ1) is 13.3. The number of aromatic amines is 1. The van der Waals surface area contributed by atoms with E-state index in [1.807, 2.05) is 24.3 Å². The molecule has 2 fully saturated rings. The lowest BCUT2D eigenvalue weighted by Gasteiger charge is -2.41. The second-order valence-electron chi connectivity index (χ2n) is 8.04. The number of hydrogen-bond acceptors (Lipinski definition) is 4. The number of thiophene rings is 1. The third kappa shape index (κ3) is 3.46. The van der Waals surface area contributed by atoms with Crippen molar-refractivity contribution >= 4 is 21.6 Å². The van der Waals surface area contributed by atoms with Gasteiger partial charge < -0.3 is 4.98 Å². The molecule has 140 valence electrons. The summed E-state index contributed by atoms with van der Waals surface area (Å²) in [5.74, 6) is 2.58. The van der Waals surface area contributed by atoms with E-state index in [0.717, 1.165) is 52.6 Å². The fourth-order valence-corrected chi connectivity index (χ4v) is 5.88. The second kappa shape index (κ2) is 7.21. The van der Waals surface area contributed by atoms with Crippen LogP contribution in [0.4, 0.5) is 0 Å². The van der Waals surface area contributed by atoms with Crippen molar-refractivity contribution in [3.63, 3.8) is 0 Å². The predicted molar refractivity (Wildman–Crippen MR) is 111 cm³/mol. The lowest BCUT2D eigenvalue weighted by atomic mass is 9.75. The Balaban J connectivity index is 1.39. The van der Waals surface area contributed by atoms with Gasteiger partial charge in [0.15, 0.2) is 0 Å². The summed E-state index contributed by atoms with van der Waals surface area (Å²) in [6.07, 6.45) is 6.88. The molecule has 4 nitrogen and oxygen atoms in total. The first-order valence-corrected chi connectivity index (χ1v) is 10.9. The lowest BCUT2D eigenvalue weighted by molar-refractivity contribution is 0.0803. The maximum atomic E-state index is 12.6. The molecule has 0 bridgehead atoms.